The highest BCUT2D eigenvalue weighted by atomic mass is 16.5. The smallest absolute Gasteiger partial charge is 0.190 e. The van der Waals surface area contributed by atoms with Gasteiger partial charge in [-0.05, 0) is 26.3 Å². The highest BCUT2D eigenvalue weighted by molar-refractivity contribution is 5.79. The molecule has 1 aliphatic heterocycles. The zero-order valence-corrected chi connectivity index (χ0v) is 14.9. The van der Waals surface area contributed by atoms with Gasteiger partial charge in [0.15, 0.2) is 5.96 Å². The molecule has 0 aromatic heterocycles. The first-order valence-corrected chi connectivity index (χ1v) is 8.58. The molecule has 6 heteroatoms. The van der Waals surface area contributed by atoms with Crippen molar-refractivity contribution in [3.63, 3.8) is 0 Å². The van der Waals surface area contributed by atoms with Crippen LogP contribution in [0.3, 0.4) is 0 Å². The number of ether oxygens (including phenoxy) is 1. The van der Waals surface area contributed by atoms with Gasteiger partial charge in [0.25, 0.3) is 0 Å². The van der Waals surface area contributed by atoms with Crippen molar-refractivity contribution in [3.05, 3.63) is 0 Å². The number of hydrogen-bond acceptors (Lipinski definition) is 4. The molecule has 0 aromatic rings. The van der Waals surface area contributed by atoms with E-state index in [-0.39, 0.29) is 0 Å². The molecule has 0 saturated carbocycles. The lowest BCUT2D eigenvalue weighted by Gasteiger charge is -2.34. The van der Waals surface area contributed by atoms with Gasteiger partial charge in [-0.15, -0.1) is 0 Å². The molecule has 1 fully saturated rings. The standard InChI is InChI=1S/C16H35N5O/c1-5-22-12-6-7-18-16(17-3)19-13-15(2)14-21-10-8-20(4)9-11-21/h15H,5-14H2,1-4H3,(H2,17,18,19). The molecule has 0 bridgehead atoms. The number of hydrogen-bond donors (Lipinski definition) is 2. The van der Waals surface area contributed by atoms with Gasteiger partial charge in [-0.25, -0.2) is 0 Å². The summed E-state index contributed by atoms with van der Waals surface area (Å²) in [6.45, 7) is 13.7. The minimum Gasteiger partial charge on any atom is -0.382 e. The Morgan fingerprint density at radius 1 is 1.23 bits per heavy atom. The monoisotopic (exact) mass is 313 g/mol. The molecule has 130 valence electrons. The van der Waals surface area contributed by atoms with Crippen LogP contribution in [0.25, 0.3) is 0 Å². The van der Waals surface area contributed by atoms with Crippen LogP contribution in [0.2, 0.25) is 0 Å². The first kappa shape index (κ1) is 19.2. The summed E-state index contributed by atoms with van der Waals surface area (Å²) in [4.78, 5) is 9.22. The number of piperazine rings is 1. The maximum atomic E-state index is 5.33. The molecule has 6 nitrogen and oxygen atoms in total. The average Bonchev–Trinajstić information content (AvgIpc) is 2.52. The van der Waals surface area contributed by atoms with Crippen LogP contribution in [0, 0.1) is 5.92 Å². The molecule has 1 saturated heterocycles. The third-order valence-corrected chi connectivity index (χ3v) is 3.97. The third-order valence-electron chi connectivity index (χ3n) is 3.97. The van der Waals surface area contributed by atoms with E-state index in [1.807, 2.05) is 14.0 Å². The van der Waals surface area contributed by atoms with Crippen molar-refractivity contribution in [2.45, 2.75) is 20.3 Å². The fourth-order valence-corrected chi connectivity index (χ4v) is 2.55. The summed E-state index contributed by atoms with van der Waals surface area (Å²) < 4.78 is 5.33. The maximum absolute atomic E-state index is 5.33. The Kier molecular flexibility index (Phi) is 10.2. The normalized spacial score (nSPS) is 19.2. The second kappa shape index (κ2) is 11.7. The second-order valence-corrected chi connectivity index (χ2v) is 6.14. The lowest BCUT2D eigenvalue weighted by molar-refractivity contribution is 0.139. The average molecular weight is 313 g/mol. The molecule has 1 rings (SSSR count). The Morgan fingerprint density at radius 3 is 2.59 bits per heavy atom. The molecule has 0 radical (unpaired) electrons. The van der Waals surface area contributed by atoms with Gasteiger partial charge in [-0.1, -0.05) is 6.92 Å². The third kappa shape index (κ3) is 8.56. The molecule has 22 heavy (non-hydrogen) atoms. The quantitative estimate of drug-likeness (QED) is 0.368. The van der Waals surface area contributed by atoms with Crippen molar-refractivity contribution in [2.24, 2.45) is 10.9 Å². The number of nitrogens with zero attached hydrogens (tertiary/aromatic N) is 3. The van der Waals surface area contributed by atoms with Gasteiger partial charge in [0.2, 0.25) is 0 Å². The highest BCUT2D eigenvalue weighted by Gasteiger charge is 2.16. The van der Waals surface area contributed by atoms with Gasteiger partial charge >= 0.3 is 0 Å². The van der Waals surface area contributed by atoms with Crippen LogP contribution in [0.5, 0.6) is 0 Å². The van der Waals surface area contributed by atoms with Gasteiger partial charge in [-0.2, -0.15) is 0 Å². The van der Waals surface area contributed by atoms with Crippen LogP contribution in [-0.2, 0) is 4.74 Å². The molecule has 0 aliphatic carbocycles. The van der Waals surface area contributed by atoms with Gasteiger partial charge in [0, 0.05) is 66.1 Å². The van der Waals surface area contributed by atoms with E-state index in [2.05, 4.69) is 39.4 Å². The Bertz CT molecular complexity index is 303. The van der Waals surface area contributed by atoms with E-state index in [4.69, 9.17) is 4.74 Å². The Balaban J connectivity index is 2.11. The van der Waals surface area contributed by atoms with Crippen LogP contribution in [0.4, 0.5) is 0 Å². The molecule has 0 spiro atoms. The van der Waals surface area contributed by atoms with Crippen LogP contribution in [-0.4, -0.2) is 88.9 Å². The predicted molar refractivity (Wildman–Crippen MR) is 93.6 cm³/mol. The summed E-state index contributed by atoms with van der Waals surface area (Å²) in [7, 11) is 4.02. The van der Waals surface area contributed by atoms with Gasteiger partial charge in [0.05, 0.1) is 0 Å². The minimum absolute atomic E-state index is 0.616. The van der Waals surface area contributed by atoms with Gasteiger partial charge in [0.1, 0.15) is 0 Å². The van der Waals surface area contributed by atoms with E-state index in [0.29, 0.717) is 5.92 Å². The van der Waals surface area contributed by atoms with Crippen molar-refractivity contribution in [2.75, 3.05) is 73.1 Å². The van der Waals surface area contributed by atoms with Crippen LogP contribution in [0.1, 0.15) is 20.3 Å². The summed E-state index contributed by atoms with van der Waals surface area (Å²) in [5, 5.41) is 6.75. The van der Waals surface area contributed by atoms with Crippen molar-refractivity contribution in [3.8, 4) is 0 Å². The molecular weight excluding hydrogens is 278 g/mol. The Hall–Kier alpha value is -0.850. The number of rotatable bonds is 9. The molecule has 0 aromatic carbocycles. The van der Waals surface area contributed by atoms with E-state index in [0.717, 1.165) is 45.2 Å². The number of nitrogens with one attached hydrogen (secondary N) is 2. The Morgan fingerprint density at radius 2 is 1.95 bits per heavy atom. The molecule has 1 aliphatic rings. The molecule has 2 N–H and O–H groups in total. The summed E-state index contributed by atoms with van der Waals surface area (Å²) in [5.41, 5.74) is 0. The molecule has 0 amide bonds. The zero-order chi connectivity index (χ0) is 16.2. The first-order valence-electron chi connectivity index (χ1n) is 8.58. The number of likely N-dealkylation sites (N-methyl/N-ethyl adjacent to an activating group) is 1. The molecule has 1 heterocycles. The fraction of sp³-hybridized carbons (Fsp3) is 0.938. The molecule has 1 unspecified atom stereocenters. The van der Waals surface area contributed by atoms with Crippen molar-refractivity contribution >= 4 is 5.96 Å². The highest BCUT2D eigenvalue weighted by Crippen LogP contribution is 2.03. The summed E-state index contributed by atoms with van der Waals surface area (Å²) >= 11 is 0. The molecular formula is C16H35N5O. The van der Waals surface area contributed by atoms with E-state index < -0.39 is 0 Å². The maximum Gasteiger partial charge on any atom is 0.190 e. The fourth-order valence-electron chi connectivity index (χ4n) is 2.55. The zero-order valence-electron chi connectivity index (χ0n) is 14.9. The Labute approximate surface area is 136 Å². The lowest BCUT2D eigenvalue weighted by Crippen LogP contribution is -2.47. The number of aliphatic imine (C=N–C) groups is 1. The minimum atomic E-state index is 0.616. The van der Waals surface area contributed by atoms with Crippen molar-refractivity contribution in [1.29, 1.82) is 0 Å². The summed E-state index contributed by atoms with van der Waals surface area (Å²) in [6.07, 6.45) is 1.01. The van der Waals surface area contributed by atoms with Crippen molar-refractivity contribution < 1.29 is 4.74 Å². The first-order chi connectivity index (χ1) is 10.7. The topological polar surface area (TPSA) is 52.1 Å². The largest absolute Gasteiger partial charge is 0.382 e. The number of guanidine groups is 1. The van der Waals surface area contributed by atoms with Crippen LogP contribution in [0.15, 0.2) is 4.99 Å². The van der Waals surface area contributed by atoms with E-state index in [1.165, 1.54) is 26.2 Å². The molecule has 1 atom stereocenters. The van der Waals surface area contributed by atoms with Gasteiger partial charge in [-0.3, -0.25) is 4.99 Å². The van der Waals surface area contributed by atoms with Crippen LogP contribution < -0.4 is 10.6 Å². The van der Waals surface area contributed by atoms with Crippen LogP contribution >= 0.6 is 0 Å². The lowest BCUT2D eigenvalue weighted by atomic mass is 10.1. The predicted octanol–water partition coefficient (Wildman–Crippen LogP) is 0.462. The van der Waals surface area contributed by atoms with E-state index in [9.17, 15) is 0 Å². The summed E-state index contributed by atoms with van der Waals surface area (Å²) in [5.74, 6) is 1.51. The van der Waals surface area contributed by atoms with Gasteiger partial charge < -0.3 is 25.2 Å². The van der Waals surface area contributed by atoms with Crippen molar-refractivity contribution in [1.82, 2.24) is 20.4 Å². The van der Waals surface area contributed by atoms with E-state index in [1.54, 1.807) is 0 Å². The SMILES string of the molecule is CCOCCCNC(=NC)NCC(C)CN1CCN(C)CC1. The van der Waals surface area contributed by atoms with E-state index >= 15 is 0 Å². The second-order valence-electron chi connectivity index (χ2n) is 6.14. The summed E-state index contributed by atoms with van der Waals surface area (Å²) in [6, 6.07) is 0.